The largest absolute Gasteiger partial charge is 0.314 e. The lowest BCUT2D eigenvalue weighted by Crippen LogP contribution is -2.30. The molecule has 1 unspecified atom stereocenters. The third-order valence-corrected chi connectivity index (χ3v) is 2.60. The van der Waals surface area contributed by atoms with Crippen molar-refractivity contribution in [1.82, 2.24) is 15.3 Å². The molecule has 0 aliphatic heterocycles. The second-order valence-electron chi connectivity index (χ2n) is 3.91. The van der Waals surface area contributed by atoms with Gasteiger partial charge in [-0.25, -0.2) is 0 Å². The van der Waals surface area contributed by atoms with Gasteiger partial charge < -0.3 is 5.32 Å². The van der Waals surface area contributed by atoms with Crippen molar-refractivity contribution in [2.24, 2.45) is 0 Å². The van der Waals surface area contributed by atoms with E-state index in [9.17, 15) is 0 Å². The molecular formula is C12H21N3. The van der Waals surface area contributed by atoms with Gasteiger partial charge in [0.2, 0.25) is 0 Å². The minimum atomic E-state index is 0.518. The van der Waals surface area contributed by atoms with Crippen LogP contribution in [0.3, 0.4) is 0 Å². The van der Waals surface area contributed by atoms with E-state index in [1.54, 1.807) is 0 Å². The number of nitrogens with one attached hydrogen (secondary N) is 1. The van der Waals surface area contributed by atoms with Crippen LogP contribution in [0.15, 0.2) is 6.20 Å². The summed E-state index contributed by atoms with van der Waals surface area (Å²) in [4.78, 5) is 8.88. The van der Waals surface area contributed by atoms with Crippen molar-refractivity contribution in [2.75, 3.05) is 6.54 Å². The molecule has 1 rings (SSSR count). The number of hydrogen-bond acceptors (Lipinski definition) is 3. The molecule has 0 amide bonds. The molecule has 0 aliphatic carbocycles. The first-order chi connectivity index (χ1) is 7.17. The van der Waals surface area contributed by atoms with Gasteiger partial charge in [0.05, 0.1) is 17.1 Å². The van der Waals surface area contributed by atoms with Crippen LogP contribution in [0.25, 0.3) is 0 Å². The molecule has 1 aromatic heterocycles. The van der Waals surface area contributed by atoms with E-state index in [0.29, 0.717) is 6.04 Å². The number of rotatable bonds is 5. The number of nitrogens with zero attached hydrogens (tertiary/aromatic N) is 2. The Morgan fingerprint density at radius 1 is 1.33 bits per heavy atom. The van der Waals surface area contributed by atoms with E-state index in [1.807, 2.05) is 20.0 Å². The molecule has 0 saturated heterocycles. The fourth-order valence-electron chi connectivity index (χ4n) is 1.66. The second-order valence-corrected chi connectivity index (χ2v) is 3.91. The van der Waals surface area contributed by atoms with Crippen LogP contribution in [0.5, 0.6) is 0 Å². The smallest absolute Gasteiger partial charge is 0.0634 e. The Morgan fingerprint density at radius 2 is 2.07 bits per heavy atom. The van der Waals surface area contributed by atoms with Gasteiger partial charge in [-0.1, -0.05) is 13.8 Å². The third-order valence-electron chi connectivity index (χ3n) is 2.60. The van der Waals surface area contributed by atoms with Gasteiger partial charge in [0, 0.05) is 18.7 Å². The highest BCUT2D eigenvalue weighted by atomic mass is 14.9. The zero-order valence-corrected chi connectivity index (χ0v) is 10.2. The van der Waals surface area contributed by atoms with Gasteiger partial charge >= 0.3 is 0 Å². The van der Waals surface area contributed by atoms with Crippen LogP contribution >= 0.6 is 0 Å². The molecule has 0 spiro atoms. The predicted molar refractivity (Wildman–Crippen MR) is 63.0 cm³/mol. The van der Waals surface area contributed by atoms with Crippen molar-refractivity contribution in [3.05, 3.63) is 23.3 Å². The molecule has 1 N–H and O–H groups in total. The first-order valence-corrected chi connectivity index (χ1v) is 5.69. The summed E-state index contributed by atoms with van der Waals surface area (Å²) in [6.45, 7) is 9.37. The molecule has 0 aromatic carbocycles. The van der Waals surface area contributed by atoms with Crippen LogP contribution in [-0.4, -0.2) is 22.6 Å². The van der Waals surface area contributed by atoms with Gasteiger partial charge in [0.25, 0.3) is 0 Å². The number of hydrogen-bond donors (Lipinski definition) is 1. The lowest BCUT2D eigenvalue weighted by Gasteiger charge is -2.16. The van der Waals surface area contributed by atoms with Crippen LogP contribution in [0.4, 0.5) is 0 Å². The second kappa shape index (κ2) is 5.81. The highest BCUT2D eigenvalue weighted by Crippen LogP contribution is 2.07. The van der Waals surface area contributed by atoms with Crippen molar-refractivity contribution in [2.45, 2.75) is 46.6 Å². The zero-order valence-electron chi connectivity index (χ0n) is 10.2. The molecule has 3 heteroatoms. The molecule has 0 radical (unpaired) electrons. The standard InChI is InChI=1S/C12H21N3/c1-5-11(13-6-2)7-12-10(4)14-8-9(3)15-12/h8,11,13H,5-7H2,1-4H3. The van der Waals surface area contributed by atoms with Gasteiger partial charge in [0.1, 0.15) is 0 Å². The molecule has 0 fully saturated rings. The maximum atomic E-state index is 4.54. The molecule has 0 bridgehead atoms. The SMILES string of the molecule is CCNC(CC)Cc1nc(C)cnc1C. The molecule has 3 nitrogen and oxygen atoms in total. The van der Waals surface area contributed by atoms with Crippen molar-refractivity contribution in [1.29, 1.82) is 0 Å². The maximum absolute atomic E-state index is 4.54. The van der Waals surface area contributed by atoms with E-state index in [0.717, 1.165) is 36.5 Å². The number of aromatic nitrogens is 2. The average molecular weight is 207 g/mol. The highest BCUT2D eigenvalue weighted by Gasteiger charge is 2.09. The van der Waals surface area contributed by atoms with Crippen LogP contribution in [0, 0.1) is 13.8 Å². The fourth-order valence-corrected chi connectivity index (χ4v) is 1.66. The minimum Gasteiger partial charge on any atom is -0.314 e. The monoisotopic (exact) mass is 207 g/mol. The summed E-state index contributed by atoms with van der Waals surface area (Å²) in [6, 6.07) is 0.518. The van der Waals surface area contributed by atoms with E-state index in [1.165, 1.54) is 0 Å². The summed E-state index contributed by atoms with van der Waals surface area (Å²) < 4.78 is 0. The van der Waals surface area contributed by atoms with Crippen LogP contribution in [0.1, 0.15) is 37.4 Å². The summed E-state index contributed by atoms with van der Waals surface area (Å²) in [5.41, 5.74) is 3.18. The van der Waals surface area contributed by atoms with Gasteiger partial charge in [0.15, 0.2) is 0 Å². The van der Waals surface area contributed by atoms with E-state index < -0.39 is 0 Å². The van der Waals surface area contributed by atoms with Gasteiger partial charge in [-0.3, -0.25) is 9.97 Å². The van der Waals surface area contributed by atoms with Crippen molar-refractivity contribution in [3.63, 3.8) is 0 Å². The molecular weight excluding hydrogens is 186 g/mol. The van der Waals surface area contributed by atoms with Crippen molar-refractivity contribution < 1.29 is 0 Å². The third kappa shape index (κ3) is 3.59. The molecule has 1 heterocycles. The zero-order chi connectivity index (χ0) is 11.3. The molecule has 15 heavy (non-hydrogen) atoms. The predicted octanol–water partition coefficient (Wildman–Crippen LogP) is 2.02. The number of likely N-dealkylation sites (N-methyl/N-ethyl adjacent to an activating group) is 1. The van der Waals surface area contributed by atoms with E-state index in [2.05, 4.69) is 29.1 Å². The molecule has 1 atom stereocenters. The lowest BCUT2D eigenvalue weighted by molar-refractivity contribution is 0.503. The normalized spacial score (nSPS) is 12.8. The van der Waals surface area contributed by atoms with E-state index >= 15 is 0 Å². The highest BCUT2D eigenvalue weighted by molar-refractivity contribution is 5.13. The molecule has 0 aliphatic rings. The summed E-state index contributed by atoms with van der Waals surface area (Å²) in [5.74, 6) is 0. The molecule has 0 saturated carbocycles. The van der Waals surface area contributed by atoms with Crippen LogP contribution in [-0.2, 0) is 6.42 Å². The lowest BCUT2D eigenvalue weighted by atomic mass is 10.1. The van der Waals surface area contributed by atoms with E-state index in [4.69, 9.17) is 0 Å². The molecule has 84 valence electrons. The van der Waals surface area contributed by atoms with Gasteiger partial charge in [-0.2, -0.15) is 0 Å². The Kier molecular flexibility index (Phi) is 4.69. The van der Waals surface area contributed by atoms with Crippen molar-refractivity contribution >= 4 is 0 Å². The van der Waals surface area contributed by atoms with Crippen LogP contribution < -0.4 is 5.32 Å². The Balaban J connectivity index is 2.73. The van der Waals surface area contributed by atoms with Gasteiger partial charge in [-0.15, -0.1) is 0 Å². The van der Waals surface area contributed by atoms with Crippen molar-refractivity contribution in [3.8, 4) is 0 Å². The molecule has 1 aromatic rings. The average Bonchev–Trinajstić information content (AvgIpc) is 2.22. The van der Waals surface area contributed by atoms with E-state index in [-0.39, 0.29) is 0 Å². The quantitative estimate of drug-likeness (QED) is 0.802. The minimum absolute atomic E-state index is 0.518. The first kappa shape index (κ1) is 12.1. The summed E-state index contributed by atoms with van der Waals surface area (Å²) in [7, 11) is 0. The maximum Gasteiger partial charge on any atom is 0.0634 e. The Bertz CT molecular complexity index is 310. The Morgan fingerprint density at radius 3 is 2.67 bits per heavy atom. The number of aryl methyl sites for hydroxylation is 2. The summed E-state index contributed by atoms with van der Waals surface area (Å²) in [5, 5.41) is 3.46. The Labute approximate surface area is 92.3 Å². The van der Waals surface area contributed by atoms with Gasteiger partial charge in [-0.05, 0) is 26.8 Å². The first-order valence-electron chi connectivity index (χ1n) is 5.69. The fraction of sp³-hybridized carbons (Fsp3) is 0.667. The Hall–Kier alpha value is -0.960. The van der Waals surface area contributed by atoms with Crippen LogP contribution in [0.2, 0.25) is 0 Å². The summed E-state index contributed by atoms with van der Waals surface area (Å²) in [6.07, 6.45) is 3.93. The topological polar surface area (TPSA) is 37.8 Å². The summed E-state index contributed by atoms with van der Waals surface area (Å²) >= 11 is 0.